The second-order valence-corrected chi connectivity index (χ2v) is 6.07. The van der Waals surface area contributed by atoms with Crippen LogP contribution >= 0.6 is 11.3 Å². The number of nitrogens with one attached hydrogen (secondary N) is 1. The maximum absolute atomic E-state index is 12.3. The molecule has 2 atom stereocenters. The van der Waals surface area contributed by atoms with Gasteiger partial charge in [0.2, 0.25) is 11.8 Å². The molecule has 2 unspecified atom stereocenters. The fourth-order valence-corrected chi connectivity index (χ4v) is 2.99. The molecule has 1 saturated heterocycles. The largest absolute Gasteiger partial charge is 0.343 e. The third-order valence-corrected chi connectivity index (χ3v) is 4.67. The molecule has 1 fully saturated rings. The molecular formula is C13H19N3O2S. The quantitative estimate of drug-likeness (QED) is 0.912. The van der Waals surface area contributed by atoms with Gasteiger partial charge in [-0.3, -0.25) is 9.59 Å². The predicted octanol–water partition coefficient (Wildman–Crippen LogP) is 1.47. The number of hydrogen-bond donors (Lipinski definition) is 1. The zero-order valence-electron chi connectivity index (χ0n) is 11.7. The zero-order chi connectivity index (χ0) is 14.2. The highest BCUT2D eigenvalue weighted by Gasteiger charge is 2.47. The van der Waals surface area contributed by atoms with Crippen LogP contribution in [0.4, 0.5) is 0 Å². The summed E-state index contributed by atoms with van der Waals surface area (Å²) in [6.07, 6.45) is 0.585. The lowest BCUT2D eigenvalue weighted by Crippen LogP contribution is -2.68. The van der Waals surface area contributed by atoms with Gasteiger partial charge in [0.15, 0.2) is 0 Å². The van der Waals surface area contributed by atoms with Gasteiger partial charge in [-0.25, -0.2) is 4.98 Å². The molecule has 2 rings (SSSR count). The Hall–Kier alpha value is -1.43. The molecule has 2 amide bonds. The minimum absolute atomic E-state index is 0.0446. The molecule has 1 aromatic heterocycles. The molecule has 1 aliphatic heterocycles. The van der Waals surface area contributed by atoms with Crippen molar-refractivity contribution >= 4 is 23.2 Å². The summed E-state index contributed by atoms with van der Waals surface area (Å²) in [4.78, 5) is 30.6. The number of rotatable bonds is 3. The van der Waals surface area contributed by atoms with E-state index in [1.165, 1.54) is 11.3 Å². The molecular weight excluding hydrogens is 262 g/mol. The molecule has 0 aromatic carbocycles. The van der Waals surface area contributed by atoms with Crippen LogP contribution in [0.15, 0.2) is 5.38 Å². The molecule has 1 aliphatic rings. The normalized spacial score (nSPS) is 27.6. The van der Waals surface area contributed by atoms with Gasteiger partial charge in [0.25, 0.3) is 0 Å². The van der Waals surface area contributed by atoms with Gasteiger partial charge in [-0.15, -0.1) is 11.3 Å². The van der Waals surface area contributed by atoms with Gasteiger partial charge >= 0.3 is 0 Å². The fraction of sp³-hybridized carbons (Fsp3) is 0.615. The maximum Gasteiger partial charge on any atom is 0.246 e. The molecule has 0 aliphatic carbocycles. The van der Waals surface area contributed by atoms with Crippen LogP contribution in [0.3, 0.4) is 0 Å². The van der Waals surface area contributed by atoms with E-state index in [9.17, 15) is 9.59 Å². The van der Waals surface area contributed by atoms with Crippen LogP contribution < -0.4 is 5.32 Å². The highest BCUT2D eigenvalue weighted by molar-refractivity contribution is 7.09. The van der Waals surface area contributed by atoms with E-state index >= 15 is 0 Å². The predicted molar refractivity (Wildman–Crippen MR) is 73.7 cm³/mol. The average Bonchev–Trinajstić information content (AvgIpc) is 2.78. The number of aromatic nitrogens is 1. The van der Waals surface area contributed by atoms with Crippen molar-refractivity contribution < 1.29 is 9.59 Å². The monoisotopic (exact) mass is 281 g/mol. The Kier molecular flexibility index (Phi) is 3.62. The molecule has 104 valence electrons. The summed E-state index contributed by atoms with van der Waals surface area (Å²) < 4.78 is 0. The number of carbonyl (C=O) groups excluding carboxylic acids is 2. The second kappa shape index (κ2) is 4.92. The molecule has 1 aromatic rings. The van der Waals surface area contributed by atoms with Crippen LogP contribution in [0.1, 0.15) is 37.9 Å². The van der Waals surface area contributed by atoms with Gasteiger partial charge in [-0.2, -0.15) is 0 Å². The van der Waals surface area contributed by atoms with E-state index in [2.05, 4.69) is 10.3 Å². The van der Waals surface area contributed by atoms with Gasteiger partial charge in [-0.1, -0.05) is 6.92 Å². The summed E-state index contributed by atoms with van der Waals surface area (Å²) in [5.74, 6) is -0.132. The SMILES string of the molecule is CCC1(C)C(=O)NC(C)C(=O)N1Cc1nc(C)cs1. The van der Waals surface area contributed by atoms with E-state index in [1.54, 1.807) is 11.8 Å². The first kappa shape index (κ1) is 14.0. The van der Waals surface area contributed by atoms with E-state index < -0.39 is 11.6 Å². The summed E-state index contributed by atoms with van der Waals surface area (Å²) in [5.41, 5.74) is 0.156. The first-order chi connectivity index (χ1) is 8.88. The third-order valence-electron chi connectivity index (χ3n) is 3.72. The maximum atomic E-state index is 12.3. The third kappa shape index (κ3) is 2.36. The van der Waals surface area contributed by atoms with Crippen LogP contribution in [0.2, 0.25) is 0 Å². The highest BCUT2D eigenvalue weighted by atomic mass is 32.1. The summed E-state index contributed by atoms with van der Waals surface area (Å²) in [5, 5.41) is 5.57. The van der Waals surface area contributed by atoms with E-state index in [4.69, 9.17) is 0 Å². The fourth-order valence-electron chi connectivity index (χ4n) is 2.23. The number of carbonyl (C=O) groups is 2. The van der Waals surface area contributed by atoms with Crippen molar-refractivity contribution in [3.63, 3.8) is 0 Å². The summed E-state index contributed by atoms with van der Waals surface area (Å²) in [6.45, 7) is 7.77. The van der Waals surface area contributed by atoms with Crippen LogP contribution in [-0.2, 0) is 16.1 Å². The van der Waals surface area contributed by atoms with Gasteiger partial charge in [-0.05, 0) is 27.2 Å². The molecule has 19 heavy (non-hydrogen) atoms. The van der Waals surface area contributed by atoms with Gasteiger partial charge in [0, 0.05) is 11.1 Å². The summed E-state index contributed by atoms with van der Waals surface area (Å²) in [6, 6.07) is -0.465. The first-order valence-electron chi connectivity index (χ1n) is 6.42. The summed E-state index contributed by atoms with van der Waals surface area (Å²) in [7, 11) is 0. The Morgan fingerprint density at radius 2 is 2.21 bits per heavy atom. The molecule has 0 spiro atoms. The molecule has 0 bridgehead atoms. The number of nitrogens with zero attached hydrogens (tertiary/aromatic N) is 2. The minimum Gasteiger partial charge on any atom is -0.343 e. The molecule has 0 saturated carbocycles. The van der Waals surface area contributed by atoms with Gasteiger partial charge in [0.05, 0.1) is 6.54 Å². The Labute approximate surface area is 117 Å². The van der Waals surface area contributed by atoms with Crippen molar-refractivity contribution in [1.82, 2.24) is 15.2 Å². The topological polar surface area (TPSA) is 62.3 Å². The highest BCUT2D eigenvalue weighted by Crippen LogP contribution is 2.27. The minimum atomic E-state index is -0.789. The first-order valence-corrected chi connectivity index (χ1v) is 7.30. The Bertz CT molecular complexity index is 514. The number of thiazole rings is 1. The van der Waals surface area contributed by atoms with Gasteiger partial charge < -0.3 is 10.2 Å². The van der Waals surface area contributed by atoms with E-state index in [1.807, 2.05) is 26.2 Å². The van der Waals surface area contributed by atoms with E-state index in [0.717, 1.165) is 10.7 Å². The van der Waals surface area contributed by atoms with E-state index in [-0.39, 0.29) is 11.8 Å². The van der Waals surface area contributed by atoms with Crippen LogP contribution in [0.5, 0.6) is 0 Å². The zero-order valence-corrected chi connectivity index (χ0v) is 12.5. The Balaban J connectivity index is 2.31. The Morgan fingerprint density at radius 3 is 2.74 bits per heavy atom. The average molecular weight is 281 g/mol. The van der Waals surface area contributed by atoms with Gasteiger partial charge in [0.1, 0.15) is 16.6 Å². The lowest BCUT2D eigenvalue weighted by Gasteiger charge is -2.44. The number of amides is 2. The van der Waals surface area contributed by atoms with Crippen molar-refractivity contribution in [3.8, 4) is 0 Å². The number of aryl methyl sites for hydroxylation is 1. The number of piperazine rings is 1. The van der Waals surface area contributed by atoms with Crippen LogP contribution in [-0.4, -0.2) is 33.3 Å². The van der Waals surface area contributed by atoms with Crippen molar-refractivity contribution in [2.75, 3.05) is 0 Å². The van der Waals surface area contributed by atoms with Crippen LogP contribution in [0, 0.1) is 6.92 Å². The molecule has 0 radical (unpaired) electrons. The van der Waals surface area contributed by atoms with Crippen molar-refractivity contribution in [2.45, 2.75) is 52.2 Å². The molecule has 1 N–H and O–H groups in total. The standard InChI is InChI=1S/C13H19N3O2S/c1-5-13(4)12(18)15-9(3)11(17)16(13)6-10-14-8(2)7-19-10/h7,9H,5-6H2,1-4H3,(H,15,18). The summed E-state index contributed by atoms with van der Waals surface area (Å²) >= 11 is 1.52. The number of hydrogen-bond acceptors (Lipinski definition) is 4. The smallest absolute Gasteiger partial charge is 0.246 e. The van der Waals surface area contributed by atoms with Crippen molar-refractivity contribution in [2.24, 2.45) is 0 Å². The lowest BCUT2D eigenvalue weighted by molar-refractivity contribution is -0.157. The van der Waals surface area contributed by atoms with Crippen LogP contribution in [0.25, 0.3) is 0 Å². The molecule has 6 heteroatoms. The van der Waals surface area contributed by atoms with Crippen molar-refractivity contribution in [1.29, 1.82) is 0 Å². The van der Waals surface area contributed by atoms with Crippen molar-refractivity contribution in [3.05, 3.63) is 16.1 Å². The van der Waals surface area contributed by atoms with E-state index in [0.29, 0.717) is 13.0 Å². The lowest BCUT2D eigenvalue weighted by atomic mass is 9.91. The molecule has 2 heterocycles. The second-order valence-electron chi connectivity index (χ2n) is 5.13. The molecule has 5 nitrogen and oxygen atoms in total. The Morgan fingerprint density at radius 1 is 1.53 bits per heavy atom.